The van der Waals surface area contributed by atoms with Crippen LogP contribution in [0.3, 0.4) is 0 Å². The minimum atomic E-state index is 0.203. The first kappa shape index (κ1) is 92.5. The van der Waals surface area contributed by atoms with E-state index < -0.39 is 0 Å². The van der Waals surface area contributed by atoms with Gasteiger partial charge in [-0.15, -0.1) is 11.8 Å². The number of fused-ring (bicyclic) bond motifs is 9. The van der Waals surface area contributed by atoms with Gasteiger partial charge in [0, 0.05) is 173 Å². The highest BCUT2D eigenvalue weighted by Gasteiger charge is 2.39. The molecule has 29 N–H and O–H groups in total. The molecule has 23 rings (SSSR count). The number of rotatable bonds is 12. The van der Waals surface area contributed by atoms with E-state index in [1.807, 2.05) is 67.0 Å². The number of aromatic nitrogens is 21. The molecule has 2 bridgehead atoms. The quantitative estimate of drug-likeness (QED) is 0.0412. The lowest BCUT2D eigenvalue weighted by molar-refractivity contribution is 0.410. The molecule has 692 valence electrons. The number of thioether (sulfide) groups is 1. The van der Waals surface area contributed by atoms with Gasteiger partial charge in [0.05, 0.1) is 70.2 Å². The van der Waals surface area contributed by atoms with E-state index >= 15 is 0 Å². The number of benzene rings is 1. The summed E-state index contributed by atoms with van der Waals surface area (Å²) in [7, 11) is 0. The number of nitrogen functional groups attached to an aromatic ring is 7. The maximum absolute atomic E-state index is 6.16. The molecule has 0 amide bonds. The molecule has 14 aromatic heterocycles. The number of piperazine rings is 1. The molecule has 8 fully saturated rings. The van der Waals surface area contributed by atoms with Crippen molar-refractivity contribution in [3.05, 3.63) is 138 Å². The molecule has 8 aliphatic rings. The zero-order valence-electron chi connectivity index (χ0n) is 71.8. The van der Waals surface area contributed by atoms with Crippen LogP contribution in [-0.4, -0.2) is 234 Å². The summed E-state index contributed by atoms with van der Waals surface area (Å²) in [5.41, 5.74) is 82.8. The van der Waals surface area contributed by atoms with Crippen molar-refractivity contribution in [1.82, 2.24) is 108 Å². The molecule has 20 heterocycles. The van der Waals surface area contributed by atoms with E-state index in [0.717, 1.165) is 249 Å². The molecule has 6 atom stereocenters. The van der Waals surface area contributed by atoms with Crippen LogP contribution in [0.1, 0.15) is 83.5 Å². The van der Waals surface area contributed by atoms with Gasteiger partial charge in [-0.3, -0.25) is 0 Å². The normalized spacial score (nSPS) is 21.7. The van der Waals surface area contributed by atoms with Crippen LogP contribution >= 0.6 is 106 Å². The summed E-state index contributed by atoms with van der Waals surface area (Å²) in [5, 5.41) is 40.2. The third-order valence-corrected chi connectivity index (χ3v) is 28.6. The van der Waals surface area contributed by atoms with Crippen LogP contribution in [0.15, 0.2) is 144 Å². The number of nitrogens with zero attached hydrogens (tertiary/aromatic N) is 26. The van der Waals surface area contributed by atoms with Crippen molar-refractivity contribution in [2.24, 2.45) is 34.4 Å². The smallest absolute Gasteiger partial charge is 0.178 e. The van der Waals surface area contributed by atoms with Crippen molar-refractivity contribution in [3.63, 3.8) is 0 Å². The fraction of sp³-hybridized carbons (Fsp3) is 0.415. The Kier molecular flexibility index (Phi) is 28.7. The highest BCUT2D eigenvalue weighted by atomic mass is 127. The Labute approximate surface area is 805 Å². The predicted molar refractivity (Wildman–Crippen MR) is 539 cm³/mol. The SMILES string of the molecule is CSc1cnn2c(N)cc(N3CC[C@H](N)C3)nc12.Nc1cc(N2CC[C@H](N)C2)nc2c(Cl)cnn12.Nc1cc(N2CC[C@H](N)C2)nc2c(I)cnn12.Nc1cc(N2CC[C@H](N)C2)nc2c(Sc3ccccc3)cnn12.Nc1cc(N2C[C@@H]3C[C@H]2CN3)nc2c(Br)cnn12.Nc1cc(NC2CCC(N)CC2)nc2c(Br)cnn12.Nc1cc(NC2CCC(N)CC2)nc2c(Br)cnn12. The van der Waals surface area contributed by atoms with E-state index in [2.05, 4.69) is 189 Å². The fourth-order valence-corrected chi connectivity index (χ4v) is 20.2. The Morgan fingerprint density at radius 3 is 1.15 bits per heavy atom. The van der Waals surface area contributed by atoms with Crippen LogP contribution in [0, 0.1) is 3.57 Å². The van der Waals surface area contributed by atoms with Gasteiger partial charge in [-0.25, -0.2) is 34.9 Å². The number of hydrogen-bond donors (Lipinski definition) is 16. The molecule has 0 radical (unpaired) electrons. The molecular weight excluding hydrogens is 2040 g/mol. The number of nitrogens with two attached hydrogens (primary N) is 13. The van der Waals surface area contributed by atoms with Gasteiger partial charge in [0.1, 0.15) is 86.5 Å². The number of nitrogens with one attached hydrogen (secondary N) is 3. The van der Waals surface area contributed by atoms with Crippen LogP contribution in [0.5, 0.6) is 0 Å². The van der Waals surface area contributed by atoms with Gasteiger partial charge >= 0.3 is 0 Å². The molecule has 0 spiro atoms. The molecule has 0 unspecified atom stereocenters. The van der Waals surface area contributed by atoms with Crippen LogP contribution < -0.4 is 115 Å². The Morgan fingerprint density at radius 1 is 0.389 bits per heavy atom. The van der Waals surface area contributed by atoms with Gasteiger partial charge in [0.15, 0.2) is 39.5 Å². The topological polar surface area (TPSA) is 602 Å². The first-order chi connectivity index (χ1) is 63.2. The van der Waals surface area contributed by atoms with Crippen molar-refractivity contribution in [2.45, 2.75) is 159 Å². The third kappa shape index (κ3) is 21.2. The first-order valence-electron chi connectivity index (χ1n) is 43.3. The van der Waals surface area contributed by atoms with Crippen LogP contribution in [0.25, 0.3) is 39.5 Å². The molecule has 131 heavy (non-hydrogen) atoms. The summed E-state index contributed by atoms with van der Waals surface area (Å²) in [4.78, 5) is 46.4. The largest absolute Gasteiger partial charge is 0.383 e. The maximum atomic E-state index is 6.16. The van der Waals surface area contributed by atoms with Crippen molar-refractivity contribution < 1.29 is 0 Å². The number of anilines is 14. The number of halogens is 5. The average Bonchev–Trinajstić information content (AvgIpc) is 1.64. The molecule has 49 heteroatoms. The van der Waals surface area contributed by atoms with Gasteiger partial charge < -0.3 is 115 Å². The summed E-state index contributed by atoms with van der Waals surface area (Å²) in [5.74, 6) is 10.1. The minimum Gasteiger partial charge on any atom is -0.383 e. The van der Waals surface area contributed by atoms with Crippen LogP contribution in [0.2, 0.25) is 5.02 Å². The Bertz CT molecular complexity index is 6300. The zero-order valence-corrected chi connectivity index (χ0v) is 81.2. The summed E-state index contributed by atoms with van der Waals surface area (Å²) in [6.07, 6.45) is 27.8. The molecule has 42 nitrogen and oxygen atoms in total. The van der Waals surface area contributed by atoms with Crippen molar-refractivity contribution in [3.8, 4) is 0 Å². The average molecular weight is 2150 g/mol. The van der Waals surface area contributed by atoms with Crippen molar-refractivity contribution in [1.29, 1.82) is 0 Å². The lowest BCUT2D eigenvalue weighted by Gasteiger charge is -2.28. The van der Waals surface area contributed by atoms with Gasteiger partial charge in [0.2, 0.25) is 0 Å². The maximum Gasteiger partial charge on any atom is 0.178 e. The van der Waals surface area contributed by atoms with E-state index in [-0.39, 0.29) is 24.2 Å². The molecule has 6 saturated heterocycles. The molecule has 1 aromatic carbocycles. The van der Waals surface area contributed by atoms with Crippen LogP contribution in [-0.2, 0) is 0 Å². The second kappa shape index (κ2) is 40.6. The Balaban J connectivity index is 0.000000107. The van der Waals surface area contributed by atoms with Crippen LogP contribution in [0.4, 0.5) is 81.5 Å². The highest BCUT2D eigenvalue weighted by Crippen LogP contribution is 2.37. The number of hydrogen-bond acceptors (Lipinski definition) is 37. The highest BCUT2D eigenvalue weighted by molar-refractivity contribution is 14.1. The van der Waals surface area contributed by atoms with Gasteiger partial charge in [-0.1, -0.05) is 41.6 Å². The zero-order chi connectivity index (χ0) is 91.6. The molecule has 2 aliphatic carbocycles. The molecule has 15 aromatic rings. The van der Waals surface area contributed by atoms with E-state index in [9.17, 15) is 0 Å². The lowest BCUT2D eigenvalue weighted by atomic mass is 9.92. The van der Waals surface area contributed by atoms with E-state index in [1.165, 1.54) is 10.9 Å². The van der Waals surface area contributed by atoms with Gasteiger partial charge in [0.25, 0.3) is 0 Å². The predicted octanol–water partition coefficient (Wildman–Crippen LogP) is 7.66. The minimum absolute atomic E-state index is 0.203. The summed E-state index contributed by atoms with van der Waals surface area (Å²) in [6.45, 7) is 9.04. The van der Waals surface area contributed by atoms with Gasteiger partial charge in [-0.2, -0.15) is 67.3 Å². The lowest BCUT2D eigenvalue weighted by Crippen LogP contribution is -2.44. The monoisotopic (exact) mass is 2140 g/mol. The summed E-state index contributed by atoms with van der Waals surface area (Å²) < 4.78 is 15.0. The van der Waals surface area contributed by atoms with E-state index in [1.54, 1.807) is 93.9 Å². The van der Waals surface area contributed by atoms with E-state index in [4.69, 9.17) is 91.1 Å². The Morgan fingerprint density at radius 2 is 0.740 bits per heavy atom. The molecule has 2 saturated carbocycles. The molecule has 6 aliphatic heterocycles. The summed E-state index contributed by atoms with van der Waals surface area (Å²) in [6, 6.07) is 26.7. The van der Waals surface area contributed by atoms with Gasteiger partial charge in [-0.05, 0) is 172 Å². The Hall–Kier alpha value is -10.4. The van der Waals surface area contributed by atoms with Crippen molar-refractivity contribution >= 4 is 226 Å². The standard InChI is InChI=1S/C16H18N6S.2C12H17BrN6.C11H13BrN6.C11H16N6S.C10H13ClN6.C10H13IN6/c17-11-6-7-21(10-11)15-8-14(18)22-16(20-15)13(9-19-22)23-12-4-2-1-3-5-12;2*13-9-6-16-19-10(15)5-11(18-12(9)19)17-8-3-1-7(14)2-4-8;12-8-4-15-18-9(13)2-10(16-11(8)18)17-5-6-1-7(17)3-14-6;1-18-8-5-14-17-9(13)4-10(15-11(8)17)16-3-2-7(12)6-16;2*11-7-4-14-17-8(13)3-9(15-10(7)17)16-2-1-6(12)5-16/h1-5,8-9,11H,6-7,10,17-18H2;2*5-8H,1-4,14-15H2,(H,17,18);2,4,6-7,14H,1,3,5,13H2;4-5,7H,2-3,6,12-13H2,1H3;2*3-4,6H,1-2,5,12-13H2/t11-;;;6-,7-;7-;2*6-/m0..0000/s1. The first-order valence-corrected chi connectivity index (χ1v) is 49.2. The van der Waals surface area contributed by atoms with Crippen molar-refractivity contribution in [2.75, 3.05) is 147 Å². The third-order valence-electron chi connectivity index (χ3n) is 24.1. The van der Waals surface area contributed by atoms with E-state index in [0.29, 0.717) is 87.6 Å². The second-order valence-electron chi connectivity index (χ2n) is 33.7. The second-order valence-corrected chi connectivity index (χ2v) is 39.8. The fourth-order valence-electron chi connectivity index (χ4n) is 17.2. The molecular formula is C82H107Br3ClIN42S2. The summed E-state index contributed by atoms with van der Waals surface area (Å²) >= 11 is 21.8.